The molecule has 1 heterocycles. The minimum atomic E-state index is 0.113. The number of nitrogens with zero attached hydrogens (tertiary/aromatic N) is 1. The van der Waals surface area contributed by atoms with E-state index in [1.54, 1.807) is 0 Å². The molecule has 1 aliphatic carbocycles. The molecule has 2 fully saturated rings. The molecule has 0 aromatic rings. The van der Waals surface area contributed by atoms with Crippen molar-refractivity contribution >= 4 is 5.91 Å². The van der Waals surface area contributed by atoms with Gasteiger partial charge in [-0.05, 0) is 37.0 Å². The summed E-state index contributed by atoms with van der Waals surface area (Å²) in [6.07, 6.45) is 7.84. The highest BCUT2D eigenvalue weighted by atomic mass is 16.2. The van der Waals surface area contributed by atoms with Crippen molar-refractivity contribution < 1.29 is 4.79 Å². The van der Waals surface area contributed by atoms with E-state index in [1.807, 2.05) is 4.90 Å². The molecule has 2 rings (SSSR count). The Morgan fingerprint density at radius 1 is 1.28 bits per heavy atom. The molecule has 0 radical (unpaired) electrons. The third-order valence-corrected chi connectivity index (χ3v) is 5.31. The molecule has 2 N–H and O–H groups in total. The van der Waals surface area contributed by atoms with Crippen LogP contribution in [0.15, 0.2) is 0 Å². The molecule has 1 amide bonds. The topological polar surface area (TPSA) is 46.3 Å². The lowest BCUT2D eigenvalue weighted by atomic mass is 9.74. The molecule has 2 aliphatic rings. The predicted octanol–water partition coefficient (Wildman–Crippen LogP) is 2.54. The van der Waals surface area contributed by atoms with Crippen LogP contribution in [0.1, 0.15) is 58.8 Å². The van der Waals surface area contributed by atoms with E-state index in [9.17, 15) is 4.79 Å². The third-order valence-electron chi connectivity index (χ3n) is 5.31. The van der Waals surface area contributed by atoms with E-state index < -0.39 is 0 Å². The molecule has 1 unspecified atom stereocenters. The van der Waals surface area contributed by atoms with Gasteiger partial charge in [-0.1, -0.05) is 26.7 Å². The number of rotatable bonds is 5. The average molecular weight is 252 g/mol. The summed E-state index contributed by atoms with van der Waals surface area (Å²) in [6, 6.07) is 0.113. The Balaban J connectivity index is 1.79. The van der Waals surface area contributed by atoms with Crippen molar-refractivity contribution in [3.8, 4) is 0 Å². The summed E-state index contributed by atoms with van der Waals surface area (Å²) in [4.78, 5) is 14.2. The highest BCUT2D eigenvalue weighted by Gasteiger charge is 2.35. The van der Waals surface area contributed by atoms with E-state index in [0.29, 0.717) is 17.8 Å². The normalized spacial score (nSPS) is 24.9. The van der Waals surface area contributed by atoms with Crippen molar-refractivity contribution in [2.24, 2.45) is 17.1 Å². The van der Waals surface area contributed by atoms with E-state index in [2.05, 4.69) is 13.8 Å². The fourth-order valence-corrected chi connectivity index (χ4v) is 3.21. The number of carbonyl (C=O) groups excluding carboxylic acids is 1. The fourth-order valence-electron chi connectivity index (χ4n) is 3.21. The molecule has 1 aliphatic heterocycles. The Hall–Kier alpha value is -0.570. The Morgan fingerprint density at radius 3 is 2.28 bits per heavy atom. The van der Waals surface area contributed by atoms with Gasteiger partial charge in [-0.15, -0.1) is 0 Å². The fraction of sp³-hybridized carbons (Fsp3) is 0.933. The van der Waals surface area contributed by atoms with Gasteiger partial charge in [0.05, 0.1) is 0 Å². The van der Waals surface area contributed by atoms with Crippen molar-refractivity contribution in [1.82, 2.24) is 4.90 Å². The van der Waals surface area contributed by atoms with Crippen LogP contribution in [0.2, 0.25) is 0 Å². The third kappa shape index (κ3) is 3.05. The molecule has 0 aromatic carbocycles. The lowest BCUT2D eigenvalue weighted by molar-refractivity contribution is -0.134. The summed E-state index contributed by atoms with van der Waals surface area (Å²) in [6.45, 7) is 6.45. The molecule has 1 atom stereocenters. The van der Waals surface area contributed by atoms with Crippen molar-refractivity contribution in [1.29, 1.82) is 0 Å². The van der Waals surface area contributed by atoms with Crippen LogP contribution in [0.4, 0.5) is 0 Å². The molecule has 0 aromatic heterocycles. The van der Waals surface area contributed by atoms with Gasteiger partial charge in [0.25, 0.3) is 0 Å². The first-order valence-corrected chi connectivity index (χ1v) is 7.63. The van der Waals surface area contributed by atoms with Gasteiger partial charge in [-0.3, -0.25) is 4.79 Å². The summed E-state index contributed by atoms with van der Waals surface area (Å²) in [5, 5.41) is 0. The molecule has 3 heteroatoms. The van der Waals surface area contributed by atoms with Gasteiger partial charge in [0, 0.05) is 25.6 Å². The maximum absolute atomic E-state index is 12.2. The zero-order valence-electron chi connectivity index (χ0n) is 12.0. The van der Waals surface area contributed by atoms with Crippen LogP contribution in [-0.4, -0.2) is 29.9 Å². The molecule has 3 nitrogen and oxygen atoms in total. The van der Waals surface area contributed by atoms with Gasteiger partial charge in [0.15, 0.2) is 0 Å². The van der Waals surface area contributed by atoms with Gasteiger partial charge < -0.3 is 10.6 Å². The molecule has 0 bridgehead atoms. The maximum atomic E-state index is 12.2. The predicted molar refractivity (Wildman–Crippen MR) is 74.1 cm³/mol. The van der Waals surface area contributed by atoms with E-state index >= 15 is 0 Å². The van der Waals surface area contributed by atoms with Gasteiger partial charge >= 0.3 is 0 Å². The van der Waals surface area contributed by atoms with E-state index in [4.69, 9.17) is 5.73 Å². The first-order valence-electron chi connectivity index (χ1n) is 7.63. The van der Waals surface area contributed by atoms with E-state index in [0.717, 1.165) is 13.1 Å². The number of hydrogen-bond donors (Lipinski definition) is 1. The number of nitrogens with two attached hydrogens (primary N) is 1. The highest BCUT2D eigenvalue weighted by molar-refractivity contribution is 5.77. The van der Waals surface area contributed by atoms with Crippen LogP contribution in [0.5, 0.6) is 0 Å². The number of carbonyl (C=O) groups is 1. The average Bonchev–Trinajstić information content (AvgIpc) is 3.23. The van der Waals surface area contributed by atoms with Crippen molar-refractivity contribution in [3.63, 3.8) is 0 Å². The number of likely N-dealkylation sites (tertiary alicyclic amines) is 1. The highest BCUT2D eigenvalue weighted by Crippen LogP contribution is 2.38. The zero-order chi connectivity index (χ0) is 13.2. The summed E-state index contributed by atoms with van der Waals surface area (Å²) in [5.74, 6) is 0.916. The van der Waals surface area contributed by atoms with Crippen LogP contribution < -0.4 is 5.73 Å². The van der Waals surface area contributed by atoms with Gasteiger partial charge in [-0.2, -0.15) is 0 Å². The first kappa shape index (κ1) is 13.9. The first-order chi connectivity index (χ1) is 8.60. The minimum Gasteiger partial charge on any atom is -0.343 e. The Kier molecular flexibility index (Phi) is 4.31. The maximum Gasteiger partial charge on any atom is 0.224 e. The standard InChI is InChI=1S/C15H28N2O/c1-3-15(4-2)7-9-17(10-8-15)14(18)11-13(16)12-5-6-12/h12-13H,3-11,16H2,1-2H3. The van der Waals surface area contributed by atoms with Gasteiger partial charge in [0.2, 0.25) is 5.91 Å². The SMILES string of the molecule is CCC1(CC)CCN(C(=O)CC(N)C2CC2)CC1. The zero-order valence-corrected chi connectivity index (χ0v) is 12.0. The lowest BCUT2D eigenvalue weighted by Gasteiger charge is -2.41. The summed E-state index contributed by atoms with van der Waals surface area (Å²) < 4.78 is 0. The second-order valence-corrected chi connectivity index (χ2v) is 6.29. The van der Waals surface area contributed by atoms with Crippen LogP contribution in [0.25, 0.3) is 0 Å². The van der Waals surface area contributed by atoms with Gasteiger partial charge in [-0.25, -0.2) is 0 Å². The molecule has 1 saturated heterocycles. The van der Waals surface area contributed by atoms with E-state index in [-0.39, 0.29) is 11.9 Å². The Labute approximate surface area is 111 Å². The molecule has 0 spiro atoms. The molecular weight excluding hydrogens is 224 g/mol. The van der Waals surface area contributed by atoms with Crippen LogP contribution in [-0.2, 0) is 4.79 Å². The molecule has 104 valence electrons. The summed E-state index contributed by atoms with van der Waals surface area (Å²) in [7, 11) is 0. The van der Waals surface area contributed by atoms with Crippen molar-refractivity contribution in [2.45, 2.75) is 64.8 Å². The Bertz CT molecular complexity index is 285. The Morgan fingerprint density at radius 2 is 1.83 bits per heavy atom. The van der Waals surface area contributed by atoms with Gasteiger partial charge in [0.1, 0.15) is 0 Å². The number of amides is 1. The molecule has 18 heavy (non-hydrogen) atoms. The summed E-state index contributed by atoms with van der Waals surface area (Å²) in [5.41, 5.74) is 6.54. The second-order valence-electron chi connectivity index (χ2n) is 6.29. The van der Waals surface area contributed by atoms with Crippen molar-refractivity contribution in [3.05, 3.63) is 0 Å². The molecular formula is C15H28N2O. The second kappa shape index (κ2) is 5.60. The largest absolute Gasteiger partial charge is 0.343 e. The smallest absolute Gasteiger partial charge is 0.224 e. The minimum absolute atomic E-state index is 0.113. The number of hydrogen-bond acceptors (Lipinski definition) is 2. The van der Waals surface area contributed by atoms with Crippen LogP contribution in [0, 0.1) is 11.3 Å². The quantitative estimate of drug-likeness (QED) is 0.817. The monoisotopic (exact) mass is 252 g/mol. The summed E-state index contributed by atoms with van der Waals surface area (Å²) >= 11 is 0. The number of piperidine rings is 1. The van der Waals surface area contributed by atoms with E-state index in [1.165, 1.54) is 38.5 Å². The van der Waals surface area contributed by atoms with Crippen molar-refractivity contribution in [2.75, 3.05) is 13.1 Å². The van der Waals surface area contributed by atoms with Crippen LogP contribution >= 0.6 is 0 Å². The lowest BCUT2D eigenvalue weighted by Crippen LogP contribution is -2.44. The molecule has 1 saturated carbocycles. The van der Waals surface area contributed by atoms with Crippen LogP contribution in [0.3, 0.4) is 0 Å².